The smallest absolute Gasteiger partial charge is 0.0118 e. The standard InChI is InChI=1S/C15H30N2/c1-12-6-4-7-13(2)15(12)16-10-14-8-5-9-17(3)11-14/h12-16H,4-11H2,1-3H3. The first kappa shape index (κ1) is 13.4. The van der Waals surface area contributed by atoms with Gasteiger partial charge in [0.25, 0.3) is 0 Å². The van der Waals surface area contributed by atoms with E-state index in [1.54, 1.807) is 0 Å². The highest BCUT2D eigenvalue weighted by atomic mass is 15.1. The Labute approximate surface area is 107 Å². The van der Waals surface area contributed by atoms with Crippen LogP contribution in [-0.2, 0) is 0 Å². The van der Waals surface area contributed by atoms with Crippen LogP contribution < -0.4 is 5.32 Å². The van der Waals surface area contributed by atoms with Crippen LogP contribution in [0.15, 0.2) is 0 Å². The first-order chi connectivity index (χ1) is 8.16. The quantitative estimate of drug-likeness (QED) is 0.813. The average molecular weight is 238 g/mol. The fraction of sp³-hybridized carbons (Fsp3) is 1.00. The molecule has 1 aliphatic carbocycles. The summed E-state index contributed by atoms with van der Waals surface area (Å²) in [4.78, 5) is 2.49. The van der Waals surface area contributed by atoms with E-state index in [4.69, 9.17) is 0 Å². The van der Waals surface area contributed by atoms with Gasteiger partial charge in [-0.25, -0.2) is 0 Å². The van der Waals surface area contributed by atoms with Crippen LogP contribution in [0.3, 0.4) is 0 Å². The largest absolute Gasteiger partial charge is 0.313 e. The molecule has 1 saturated heterocycles. The van der Waals surface area contributed by atoms with Crippen LogP contribution in [0.2, 0.25) is 0 Å². The lowest BCUT2D eigenvalue weighted by Crippen LogP contribution is -2.46. The molecule has 0 radical (unpaired) electrons. The van der Waals surface area contributed by atoms with Crippen molar-refractivity contribution in [2.45, 2.75) is 52.0 Å². The third kappa shape index (κ3) is 3.69. The minimum Gasteiger partial charge on any atom is -0.313 e. The van der Waals surface area contributed by atoms with Crippen molar-refractivity contribution in [3.63, 3.8) is 0 Å². The van der Waals surface area contributed by atoms with Crippen LogP contribution >= 0.6 is 0 Å². The van der Waals surface area contributed by atoms with Crippen molar-refractivity contribution in [2.75, 3.05) is 26.7 Å². The Kier molecular flexibility index (Phi) is 4.87. The molecule has 2 aliphatic rings. The molecule has 0 spiro atoms. The van der Waals surface area contributed by atoms with Gasteiger partial charge in [-0.05, 0) is 63.6 Å². The number of nitrogens with zero attached hydrogens (tertiary/aromatic N) is 1. The molecular weight excluding hydrogens is 208 g/mol. The number of piperidine rings is 1. The minimum absolute atomic E-state index is 0.774. The van der Waals surface area contributed by atoms with Gasteiger partial charge in [-0.2, -0.15) is 0 Å². The van der Waals surface area contributed by atoms with E-state index < -0.39 is 0 Å². The van der Waals surface area contributed by atoms with Gasteiger partial charge in [-0.3, -0.25) is 0 Å². The first-order valence-electron chi connectivity index (χ1n) is 7.58. The molecule has 0 aromatic heterocycles. The molecular formula is C15H30N2. The van der Waals surface area contributed by atoms with Crippen molar-refractivity contribution in [1.82, 2.24) is 10.2 Å². The maximum absolute atomic E-state index is 3.88. The van der Waals surface area contributed by atoms with Crippen LogP contribution in [0, 0.1) is 17.8 Å². The Hall–Kier alpha value is -0.0800. The molecule has 1 N–H and O–H groups in total. The Bertz CT molecular complexity index is 219. The lowest BCUT2D eigenvalue weighted by molar-refractivity contribution is 0.169. The van der Waals surface area contributed by atoms with Gasteiger partial charge in [-0.1, -0.05) is 20.3 Å². The summed E-state index contributed by atoms with van der Waals surface area (Å²) < 4.78 is 0. The summed E-state index contributed by atoms with van der Waals surface area (Å²) in [6.45, 7) is 8.69. The fourth-order valence-corrected chi connectivity index (χ4v) is 3.83. The number of hydrogen-bond donors (Lipinski definition) is 1. The molecule has 17 heavy (non-hydrogen) atoms. The van der Waals surface area contributed by atoms with Gasteiger partial charge < -0.3 is 10.2 Å². The van der Waals surface area contributed by atoms with E-state index in [2.05, 4.69) is 31.1 Å². The van der Waals surface area contributed by atoms with E-state index in [0.717, 1.165) is 23.8 Å². The lowest BCUT2D eigenvalue weighted by Gasteiger charge is -2.37. The zero-order valence-electron chi connectivity index (χ0n) is 11.9. The highest BCUT2D eigenvalue weighted by Crippen LogP contribution is 2.29. The van der Waals surface area contributed by atoms with E-state index in [1.807, 2.05) is 0 Å². The van der Waals surface area contributed by atoms with Crippen molar-refractivity contribution in [2.24, 2.45) is 17.8 Å². The fourth-order valence-electron chi connectivity index (χ4n) is 3.83. The predicted molar refractivity (Wildman–Crippen MR) is 74.2 cm³/mol. The maximum atomic E-state index is 3.88. The third-order valence-electron chi connectivity index (χ3n) is 4.91. The van der Waals surface area contributed by atoms with Crippen molar-refractivity contribution in [3.8, 4) is 0 Å². The Morgan fingerprint density at radius 3 is 2.41 bits per heavy atom. The third-order valence-corrected chi connectivity index (χ3v) is 4.91. The van der Waals surface area contributed by atoms with Gasteiger partial charge in [0.2, 0.25) is 0 Å². The normalized spacial score (nSPS) is 40.4. The summed E-state index contributed by atoms with van der Waals surface area (Å²) in [5.41, 5.74) is 0. The number of rotatable bonds is 3. The average Bonchev–Trinajstić information content (AvgIpc) is 2.28. The van der Waals surface area contributed by atoms with Gasteiger partial charge in [-0.15, -0.1) is 0 Å². The molecule has 2 heteroatoms. The Morgan fingerprint density at radius 2 is 1.76 bits per heavy atom. The molecule has 3 unspecified atom stereocenters. The summed E-state index contributed by atoms with van der Waals surface area (Å²) in [5.74, 6) is 2.63. The van der Waals surface area contributed by atoms with E-state index in [0.29, 0.717) is 0 Å². The highest BCUT2D eigenvalue weighted by Gasteiger charge is 2.28. The summed E-state index contributed by atoms with van der Waals surface area (Å²) in [6.07, 6.45) is 7.09. The molecule has 0 bridgehead atoms. The van der Waals surface area contributed by atoms with Crippen LogP contribution in [0.5, 0.6) is 0 Å². The van der Waals surface area contributed by atoms with E-state index in [-0.39, 0.29) is 0 Å². The van der Waals surface area contributed by atoms with Crippen LogP contribution in [0.25, 0.3) is 0 Å². The van der Waals surface area contributed by atoms with E-state index in [1.165, 1.54) is 51.7 Å². The summed E-state index contributed by atoms with van der Waals surface area (Å²) in [7, 11) is 2.26. The predicted octanol–water partition coefficient (Wildman–Crippen LogP) is 2.74. The SMILES string of the molecule is CC1CCCC(C)C1NCC1CCCN(C)C1. The monoisotopic (exact) mass is 238 g/mol. The second kappa shape index (κ2) is 6.19. The van der Waals surface area contributed by atoms with Gasteiger partial charge >= 0.3 is 0 Å². The van der Waals surface area contributed by atoms with E-state index >= 15 is 0 Å². The zero-order chi connectivity index (χ0) is 12.3. The topological polar surface area (TPSA) is 15.3 Å². The lowest BCUT2D eigenvalue weighted by atomic mass is 9.78. The molecule has 1 saturated carbocycles. The van der Waals surface area contributed by atoms with Gasteiger partial charge in [0.1, 0.15) is 0 Å². The van der Waals surface area contributed by atoms with Gasteiger partial charge in [0, 0.05) is 12.6 Å². The maximum Gasteiger partial charge on any atom is 0.0118 e. The molecule has 1 heterocycles. The van der Waals surface area contributed by atoms with Crippen LogP contribution in [-0.4, -0.2) is 37.6 Å². The molecule has 1 aliphatic heterocycles. The summed E-state index contributed by atoms with van der Waals surface area (Å²) in [6, 6.07) is 0.774. The van der Waals surface area contributed by atoms with Crippen LogP contribution in [0.1, 0.15) is 46.0 Å². The first-order valence-corrected chi connectivity index (χ1v) is 7.58. The van der Waals surface area contributed by atoms with E-state index in [9.17, 15) is 0 Å². The number of nitrogens with one attached hydrogen (secondary N) is 1. The molecule has 0 aromatic carbocycles. The second-order valence-electron chi connectivity index (χ2n) is 6.59. The minimum atomic E-state index is 0.774. The molecule has 100 valence electrons. The molecule has 0 aromatic rings. The second-order valence-corrected chi connectivity index (χ2v) is 6.59. The zero-order valence-corrected chi connectivity index (χ0v) is 11.9. The molecule has 2 fully saturated rings. The van der Waals surface area contributed by atoms with Crippen molar-refractivity contribution in [1.29, 1.82) is 0 Å². The molecule has 2 nitrogen and oxygen atoms in total. The van der Waals surface area contributed by atoms with Gasteiger partial charge in [0.05, 0.1) is 0 Å². The Balaban J connectivity index is 1.76. The number of hydrogen-bond acceptors (Lipinski definition) is 2. The highest BCUT2D eigenvalue weighted by molar-refractivity contribution is 4.84. The Morgan fingerprint density at radius 1 is 1.06 bits per heavy atom. The van der Waals surface area contributed by atoms with Gasteiger partial charge in [0.15, 0.2) is 0 Å². The van der Waals surface area contributed by atoms with Crippen molar-refractivity contribution in [3.05, 3.63) is 0 Å². The van der Waals surface area contributed by atoms with Crippen LogP contribution in [0.4, 0.5) is 0 Å². The molecule has 0 amide bonds. The molecule has 2 rings (SSSR count). The molecule has 3 atom stereocenters. The number of likely N-dealkylation sites (tertiary alicyclic amines) is 1. The van der Waals surface area contributed by atoms with Crippen molar-refractivity contribution >= 4 is 0 Å². The summed E-state index contributed by atoms with van der Waals surface area (Å²) in [5, 5.41) is 3.88. The van der Waals surface area contributed by atoms with Crippen molar-refractivity contribution < 1.29 is 0 Å². The summed E-state index contributed by atoms with van der Waals surface area (Å²) >= 11 is 0.